The van der Waals surface area contributed by atoms with E-state index in [4.69, 9.17) is 0 Å². The zero-order chi connectivity index (χ0) is 14.4. The Kier molecular flexibility index (Phi) is 6.24. The Morgan fingerprint density at radius 3 is 2.40 bits per heavy atom. The molecule has 0 aliphatic heterocycles. The van der Waals surface area contributed by atoms with E-state index >= 15 is 0 Å². The molecule has 112 valence electrons. The highest BCUT2D eigenvalue weighted by Gasteiger charge is 2.31. The van der Waals surface area contributed by atoms with Crippen LogP contribution in [0.4, 0.5) is 0 Å². The van der Waals surface area contributed by atoms with E-state index in [0.29, 0.717) is 5.25 Å². The Hall–Kier alpha value is -0.670. The van der Waals surface area contributed by atoms with Gasteiger partial charge in [-0.05, 0) is 31.9 Å². The number of benzene rings is 1. The maximum atomic E-state index is 13.0. The summed E-state index contributed by atoms with van der Waals surface area (Å²) in [5.74, 6) is 0. The summed E-state index contributed by atoms with van der Waals surface area (Å²) in [5, 5.41) is 4.02. The smallest absolute Gasteiger partial charge is 0.0543 e. The van der Waals surface area contributed by atoms with Crippen molar-refractivity contribution >= 4 is 10.8 Å². The van der Waals surface area contributed by atoms with Gasteiger partial charge in [-0.1, -0.05) is 56.5 Å². The third kappa shape index (κ3) is 3.70. The van der Waals surface area contributed by atoms with Gasteiger partial charge in [0.1, 0.15) is 0 Å². The van der Waals surface area contributed by atoms with Gasteiger partial charge < -0.3 is 5.32 Å². The number of hydrogen-bond acceptors (Lipinski definition) is 2. The van der Waals surface area contributed by atoms with Gasteiger partial charge in [-0.3, -0.25) is 4.21 Å². The summed E-state index contributed by atoms with van der Waals surface area (Å²) in [7, 11) is 1.25. The molecule has 1 aromatic rings. The van der Waals surface area contributed by atoms with Crippen LogP contribution in [0.1, 0.15) is 57.1 Å². The van der Waals surface area contributed by atoms with Crippen LogP contribution < -0.4 is 5.32 Å². The van der Waals surface area contributed by atoms with Crippen molar-refractivity contribution in [2.24, 2.45) is 0 Å². The van der Waals surface area contributed by atoms with E-state index in [1.807, 2.05) is 13.1 Å². The second-order valence-corrected chi connectivity index (χ2v) is 7.64. The van der Waals surface area contributed by atoms with Gasteiger partial charge in [0, 0.05) is 22.1 Å². The summed E-state index contributed by atoms with van der Waals surface area (Å²) < 4.78 is 13.0. The lowest BCUT2D eigenvalue weighted by Gasteiger charge is -2.31. The molecule has 0 aromatic heterocycles. The van der Waals surface area contributed by atoms with E-state index in [-0.39, 0.29) is 11.3 Å². The van der Waals surface area contributed by atoms with Gasteiger partial charge in [0.25, 0.3) is 0 Å². The Morgan fingerprint density at radius 2 is 1.85 bits per heavy atom. The molecular weight excluding hydrogens is 266 g/mol. The molecule has 0 spiro atoms. The fourth-order valence-electron chi connectivity index (χ4n) is 3.31. The van der Waals surface area contributed by atoms with Crippen LogP contribution in [0, 0.1) is 0 Å². The molecule has 0 amide bonds. The van der Waals surface area contributed by atoms with E-state index < -0.39 is 10.8 Å². The molecule has 0 heterocycles. The van der Waals surface area contributed by atoms with Gasteiger partial charge >= 0.3 is 0 Å². The predicted molar refractivity (Wildman–Crippen MR) is 87.3 cm³/mol. The molecule has 3 heteroatoms. The van der Waals surface area contributed by atoms with Gasteiger partial charge in [-0.2, -0.15) is 0 Å². The summed E-state index contributed by atoms with van der Waals surface area (Å²) in [5.41, 5.74) is 1.26. The molecule has 1 aliphatic carbocycles. The number of rotatable bonds is 6. The molecule has 1 aliphatic rings. The van der Waals surface area contributed by atoms with Crippen molar-refractivity contribution < 1.29 is 4.21 Å². The highest BCUT2D eigenvalue weighted by atomic mass is 32.2. The van der Waals surface area contributed by atoms with Crippen LogP contribution in [0.2, 0.25) is 0 Å². The van der Waals surface area contributed by atoms with Crippen molar-refractivity contribution in [1.29, 1.82) is 0 Å². The highest BCUT2D eigenvalue weighted by Crippen LogP contribution is 2.30. The molecule has 0 bridgehead atoms. The molecule has 1 N–H and O–H groups in total. The second-order valence-electron chi connectivity index (χ2n) is 5.71. The summed E-state index contributed by atoms with van der Waals surface area (Å²) in [4.78, 5) is 0. The Labute approximate surface area is 125 Å². The lowest BCUT2D eigenvalue weighted by molar-refractivity contribution is 0.487. The third-order valence-electron chi connectivity index (χ3n) is 4.42. The van der Waals surface area contributed by atoms with Crippen LogP contribution in [0.3, 0.4) is 0 Å². The first-order chi connectivity index (χ1) is 9.77. The van der Waals surface area contributed by atoms with E-state index in [9.17, 15) is 4.21 Å². The Balaban J connectivity index is 2.14. The van der Waals surface area contributed by atoms with E-state index in [1.165, 1.54) is 24.8 Å². The first-order valence-corrected chi connectivity index (χ1v) is 9.17. The Morgan fingerprint density at radius 1 is 1.20 bits per heavy atom. The molecule has 1 saturated carbocycles. The largest absolute Gasteiger partial charge is 0.312 e. The molecule has 0 saturated heterocycles. The second kappa shape index (κ2) is 7.94. The maximum Gasteiger partial charge on any atom is 0.0543 e. The molecule has 0 radical (unpaired) electrons. The van der Waals surface area contributed by atoms with Gasteiger partial charge in [0.05, 0.1) is 5.25 Å². The van der Waals surface area contributed by atoms with Crippen LogP contribution in [-0.4, -0.2) is 21.8 Å². The summed E-state index contributed by atoms with van der Waals surface area (Å²) >= 11 is 0. The minimum absolute atomic E-state index is 0.198. The van der Waals surface area contributed by atoms with Crippen molar-refractivity contribution in [2.45, 2.75) is 62.0 Å². The maximum absolute atomic E-state index is 13.0. The molecule has 2 nitrogen and oxygen atoms in total. The minimum atomic E-state index is -0.737. The quantitative estimate of drug-likeness (QED) is 0.864. The van der Waals surface area contributed by atoms with Crippen molar-refractivity contribution in [1.82, 2.24) is 5.32 Å². The molecule has 3 unspecified atom stereocenters. The summed E-state index contributed by atoms with van der Waals surface area (Å²) in [6.07, 6.45) is 7.08. The third-order valence-corrected chi connectivity index (χ3v) is 6.75. The van der Waals surface area contributed by atoms with Gasteiger partial charge in [0.2, 0.25) is 0 Å². The van der Waals surface area contributed by atoms with Crippen molar-refractivity contribution in [2.75, 3.05) is 7.05 Å². The molecule has 1 aromatic carbocycles. The molecule has 1 fully saturated rings. The van der Waals surface area contributed by atoms with Gasteiger partial charge in [-0.15, -0.1) is 0 Å². The fraction of sp³-hybridized carbons (Fsp3) is 0.647. The van der Waals surface area contributed by atoms with Gasteiger partial charge in [-0.25, -0.2) is 0 Å². The lowest BCUT2D eigenvalue weighted by Crippen LogP contribution is -2.37. The average molecular weight is 293 g/mol. The molecule has 20 heavy (non-hydrogen) atoms. The van der Waals surface area contributed by atoms with Crippen LogP contribution >= 0.6 is 0 Å². The van der Waals surface area contributed by atoms with E-state index in [1.54, 1.807) is 0 Å². The SMILES string of the molecule is CCC(C(NC)c1ccccc1)S(=O)C1CCCCC1. The zero-order valence-corrected chi connectivity index (χ0v) is 13.5. The monoisotopic (exact) mass is 293 g/mol. The van der Waals surface area contributed by atoms with Crippen LogP contribution in [-0.2, 0) is 10.8 Å². The van der Waals surface area contributed by atoms with Crippen LogP contribution in [0.5, 0.6) is 0 Å². The molecular formula is C17H27NOS. The minimum Gasteiger partial charge on any atom is -0.312 e. The van der Waals surface area contributed by atoms with Crippen LogP contribution in [0.15, 0.2) is 30.3 Å². The van der Waals surface area contributed by atoms with Crippen molar-refractivity contribution in [3.8, 4) is 0 Å². The highest BCUT2D eigenvalue weighted by molar-refractivity contribution is 7.86. The topological polar surface area (TPSA) is 29.1 Å². The van der Waals surface area contributed by atoms with Crippen LogP contribution in [0.25, 0.3) is 0 Å². The lowest BCUT2D eigenvalue weighted by atomic mass is 10.0. The Bertz CT molecular complexity index is 414. The van der Waals surface area contributed by atoms with E-state index in [2.05, 4.69) is 36.5 Å². The molecule has 2 rings (SSSR count). The summed E-state index contributed by atoms with van der Waals surface area (Å²) in [6.45, 7) is 2.17. The average Bonchev–Trinajstić information content (AvgIpc) is 2.53. The first-order valence-electron chi connectivity index (χ1n) is 7.89. The summed E-state index contributed by atoms with van der Waals surface area (Å²) in [6, 6.07) is 10.6. The van der Waals surface area contributed by atoms with Crippen molar-refractivity contribution in [3.63, 3.8) is 0 Å². The van der Waals surface area contributed by atoms with E-state index in [0.717, 1.165) is 19.3 Å². The fourth-order valence-corrected chi connectivity index (χ4v) is 5.49. The standard InChI is InChI=1S/C17H27NOS/c1-3-16(20(19)15-12-8-5-9-13-15)17(18-2)14-10-6-4-7-11-14/h4,6-7,10-11,15-18H,3,5,8-9,12-13H2,1-2H3. The number of nitrogens with one attached hydrogen (secondary N) is 1. The normalized spacial score (nSPS) is 21.3. The van der Waals surface area contributed by atoms with Gasteiger partial charge in [0.15, 0.2) is 0 Å². The molecule has 3 atom stereocenters. The first kappa shape index (κ1) is 15.7. The number of hydrogen-bond donors (Lipinski definition) is 1. The van der Waals surface area contributed by atoms with Crippen molar-refractivity contribution in [3.05, 3.63) is 35.9 Å². The zero-order valence-electron chi connectivity index (χ0n) is 12.7. The predicted octanol–water partition coefficient (Wildman–Crippen LogP) is 3.81.